The van der Waals surface area contributed by atoms with Gasteiger partial charge in [-0.2, -0.15) is 0 Å². The van der Waals surface area contributed by atoms with Gasteiger partial charge in [0, 0.05) is 12.3 Å². The molecule has 2 atom stereocenters. The largest absolute Gasteiger partial charge is 0.463 e. The quantitative estimate of drug-likeness (QED) is 0.590. The highest BCUT2D eigenvalue weighted by Gasteiger charge is 2.31. The van der Waals surface area contributed by atoms with Crippen LogP contribution in [0.3, 0.4) is 0 Å². The molecule has 0 spiro atoms. The summed E-state index contributed by atoms with van der Waals surface area (Å²) in [6.45, 7) is 9.66. The van der Waals surface area contributed by atoms with Crippen molar-refractivity contribution in [2.75, 3.05) is 0 Å². The fourth-order valence-electron chi connectivity index (χ4n) is 2.21. The number of Topliss-reactive ketones (excluding diaryl/α,β-unsaturated/α-hetero) is 1. The van der Waals surface area contributed by atoms with Gasteiger partial charge >= 0.3 is 5.97 Å². The molecule has 0 aromatic rings. The van der Waals surface area contributed by atoms with Crippen molar-refractivity contribution in [2.45, 2.75) is 72.8 Å². The summed E-state index contributed by atoms with van der Waals surface area (Å²) in [6, 6.07) is 0. The molecule has 0 aliphatic carbocycles. The first-order valence-electron chi connectivity index (χ1n) is 7.20. The molecule has 0 aromatic carbocycles. The van der Waals surface area contributed by atoms with Crippen LogP contribution in [0.2, 0.25) is 0 Å². The molecule has 0 aliphatic rings. The summed E-state index contributed by atoms with van der Waals surface area (Å²) in [5, 5.41) is 0. The van der Waals surface area contributed by atoms with Gasteiger partial charge in [0.1, 0.15) is 5.78 Å². The van der Waals surface area contributed by atoms with E-state index in [0.717, 1.165) is 12.8 Å². The lowest BCUT2D eigenvalue weighted by Gasteiger charge is -2.23. The van der Waals surface area contributed by atoms with Crippen LogP contribution >= 0.6 is 0 Å². The number of ketones is 1. The van der Waals surface area contributed by atoms with Crippen LogP contribution in [0.4, 0.5) is 0 Å². The number of carbonyl (C=O) groups is 2. The van der Waals surface area contributed by atoms with E-state index in [1.807, 2.05) is 27.7 Å². The van der Waals surface area contributed by atoms with Crippen LogP contribution in [0.25, 0.3) is 0 Å². The third-order valence-electron chi connectivity index (χ3n) is 3.21. The monoisotopic (exact) mass is 256 g/mol. The van der Waals surface area contributed by atoms with Crippen LogP contribution in [0.5, 0.6) is 0 Å². The van der Waals surface area contributed by atoms with Crippen LogP contribution in [-0.2, 0) is 14.3 Å². The predicted molar refractivity (Wildman–Crippen MR) is 73.3 cm³/mol. The Kier molecular flexibility index (Phi) is 8.69. The molecule has 0 saturated carbocycles. The molecule has 0 radical (unpaired) electrons. The minimum Gasteiger partial charge on any atom is -0.463 e. The molecule has 106 valence electrons. The van der Waals surface area contributed by atoms with Crippen LogP contribution in [0.1, 0.15) is 66.7 Å². The number of hydrogen-bond acceptors (Lipinski definition) is 3. The van der Waals surface area contributed by atoms with E-state index in [0.29, 0.717) is 19.3 Å². The first kappa shape index (κ1) is 17.1. The summed E-state index contributed by atoms with van der Waals surface area (Å²) in [6.07, 6.45) is 3.77. The Morgan fingerprint density at radius 1 is 1.00 bits per heavy atom. The second-order valence-corrected chi connectivity index (χ2v) is 5.08. The third-order valence-corrected chi connectivity index (χ3v) is 3.21. The maximum absolute atomic E-state index is 12.1. The number of unbranched alkanes of at least 4 members (excludes halogenated alkanes) is 1. The molecular weight excluding hydrogens is 228 g/mol. The first-order chi connectivity index (χ1) is 8.47. The number of ether oxygens (including phenoxy) is 1. The van der Waals surface area contributed by atoms with E-state index >= 15 is 0 Å². The summed E-state index contributed by atoms with van der Waals surface area (Å²) in [7, 11) is 0. The smallest absolute Gasteiger partial charge is 0.309 e. The highest BCUT2D eigenvalue weighted by Crippen LogP contribution is 2.24. The van der Waals surface area contributed by atoms with Gasteiger partial charge < -0.3 is 4.74 Å². The van der Waals surface area contributed by atoms with Gasteiger partial charge in [-0.15, -0.1) is 0 Å². The lowest BCUT2D eigenvalue weighted by Crippen LogP contribution is -2.32. The van der Waals surface area contributed by atoms with Gasteiger partial charge in [0.25, 0.3) is 0 Å². The van der Waals surface area contributed by atoms with Gasteiger partial charge in [-0.05, 0) is 33.1 Å². The molecule has 0 fully saturated rings. The maximum atomic E-state index is 12.1. The Balaban J connectivity index is 4.65. The van der Waals surface area contributed by atoms with Crippen molar-refractivity contribution >= 4 is 11.8 Å². The Bertz CT molecular complexity index is 258. The Labute approximate surface area is 111 Å². The van der Waals surface area contributed by atoms with Gasteiger partial charge in [-0.3, -0.25) is 9.59 Å². The lowest BCUT2D eigenvalue weighted by molar-refractivity contribution is -0.156. The summed E-state index contributed by atoms with van der Waals surface area (Å²) in [5.74, 6) is -0.453. The van der Waals surface area contributed by atoms with Crippen LogP contribution in [0, 0.1) is 11.8 Å². The SMILES string of the molecule is CCCCC(=O)C(CC)C(CC)C(=O)OC(C)C. The number of hydrogen-bond donors (Lipinski definition) is 0. The zero-order valence-electron chi connectivity index (χ0n) is 12.5. The normalized spacial score (nSPS) is 14.3. The van der Waals surface area contributed by atoms with Crippen LogP contribution in [0.15, 0.2) is 0 Å². The summed E-state index contributed by atoms with van der Waals surface area (Å²) >= 11 is 0. The molecule has 0 N–H and O–H groups in total. The highest BCUT2D eigenvalue weighted by molar-refractivity contribution is 5.86. The molecular formula is C15H28O3. The summed E-state index contributed by atoms with van der Waals surface area (Å²) < 4.78 is 5.25. The Morgan fingerprint density at radius 2 is 1.56 bits per heavy atom. The van der Waals surface area contributed by atoms with Crippen molar-refractivity contribution in [1.29, 1.82) is 0 Å². The number of carbonyl (C=O) groups excluding carboxylic acids is 2. The molecule has 3 heteroatoms. The topological polar surface area (TPSA) is 43.4 Å². The molecule has 0 aliphatic heterocycles. The van der Waals surface area contributed by atoms with Crippen molar-refractivity contribution < 1.29 is 14.3 Å². The average molecular weight is 256 g/mol. The van der Waals surface area contributed by atoms with E-state index in [4.69, 9.17) is 4.74 Å². The number of esters is 1. The molecule has 18 heavy (non-hydrogen) atoms. The van der Waals surface area contributed by atoms with E-state index in [9.17, 15) is 9.59 Å². The molecule has 0 bridgehead atoms. The van der Waals surface area contributed by atoms with Crippen molar-refractivity contribution in [2.24, 2.45) is 11.8 Å². The molecule has 0 saturated heterocycles. The molecule has 2 unspecified atom stereocenters. The maximum Gasteiger partial charge on any atom is 0.309 e. The van der Waals surface area contributed by atoms with Crippen molar-refractivity contribution in [3.8, 4) is 0 Å². The average Bonchev–Trinajstić information content (AvgIpc) is 2.31. The predicted octanol–water partition coefficient (Wildman–Crippen LogP) is 3.75. The lowest BCUT2D eigenvalue weighted by atomic mass is 9.83. The van der Waals surface area contributed by atoms with Crippen molar-refractivity contribution in [3.63, 3.8) is 0 Å². The second-order valence-electron chi connectivity index (χ2n) is 5.08. The molecule has 0 heterocycles. The first-order valence-corrected chi connectivity index (χ1v) is 7.20. The van der Waals surface area contributed by atoms with Gasteiger partial charge in [0.05, 0.1) is 12.0 Å². The van der Waals surface area contributed by atoms with E-state index in [1.165, 1.54) is 0 Å². The van der Waals surface area contributed by atoms with E-state index < -0.39 is 0 Å². The minimum atomic E-state index is -0.276. The van der Waals surface area contributed by atoms with E-state index in [1.54, 1.807) is 0 Å². The van der Waals surface area contributed by atoms with Crippen LogP contribution in [-0.4, -0.2) is 17.9 Å². The van der Waals surface area contributed by atoms with E-state index in [-0.39, 0.29) is 29.7 Å². The zero-order chi connectivity index (χ0) is 14.1. The third kappa shape index (κ3) is 5.65. The summed E-state index contributed by atoms with van der Waals surface area (Å²) in [5.41, 5.74) is 0. The molecule has 0 aromatic heterocycles. The second kappa shape index (κ2) is 9.12. The Hall–Kier alpha value is -0.860. The van der Waals surface area contributed by atoms with Gasteiger partial charge in [-0.1, -0.05) is 27.2 Å². The van der Waals surface area contributed by atoms with Gasteiger partial charge in [-0.25, -0.2) is 0 Å². The molecule has 0 rings (SSSR count). The molecule has 0 amide bonds. The highest BCUT2D eigenvalue weighted by atomic mass is 16.5. The summed E-state index contributed by atoms with van der Waals surface area (Å²) in [4.78, 5) is 24.1. The standard InChI is InChI=1S/C15H28O3/c1-6-9-10-14(16)12(7-2)13(8-3)15(17)18-11(4)5/h11-13H,6-10H2,1-5H3. The van der Waals surface area contributed by atoms with E-state index in [2.05, 4.69) is 6.92 Å². The zero-order valence-corrected chi connectivity index (χ0v) is 12.5. The fourth-order valence-corrected chi connectivity index (χ4v) is 2.21. The van der Waals surface area contributed by atoms with Crippen molar-refractivity contribution in [3.05, 3.63) is 0 Å². The van der Waals surface area contributed by atoms with Crippen molar-refractivity contribution in [1.82, 2.24) is 0 Å². The van der Waals surface area contributed by atoms with Gasteiger partial charge in [0.2, 0.25) is 0 Å². The van der Waals surface area contributed by atoms with Gasteiger partial charge in [0.15, 0.2) is 0 Å². The number of rotatable bonds is 9. The Morgan fingerprint density at radius 3 is 1.94 bits per heavy atom. The minimum absolute atomic E-state index is 0.116. The molecule has 3 nitrogen and oxygen atoms in total. The fraction of sp³-hybridized carbons (Fsp3) is 0.867. The van der Waals surface area contributed by atoms with Crippen LogP contribution < -0.4 is 0 Å².